The van der Waals surface area contributed by atoms with Crippen molar-refractivity contribution in [3.63, 3.8) is 0 Å². The molecule has 0 aliphatic rings. The fourth-order valence-electron chi connectivity index (χ4n) is 3.16. The van der Waals surface area contributed by atoms with Crippen molar-refractivity contribution in [2.24, 2.45) is 5.92 Å². The number of carbonyl (C=O) groups excluding carboxylic acids is 2. The molecule has 0 unspecified atom stereocenters. The van der Waals surface area contributed by atoms with Crippen molar-refractivity contribution >= 4 is 23.2 Å². The number of carbonyl (C=O) groups is 2. The van der Waals surface area contributed by atoms with Crippen LogP contribution >= 0.6 is 11.3 Å². The number of nitrogens with zero attached hydrogens (tertiary/aromatic N) is 2. The van der Waals surface area contributed by atoms with Gasteiger partial charge in [-0.1, -0.05) is 58.0 Å². The van der Waals surface area contributed by atoms with Crippen LogP contribution in [0.15, 0.2) is 52.4 Å². The van der Waals surface area contributed by atoms with Crippen LogP contribution in [-0.4, -0.2) is 28.4 Å². The molecule has 0 bridgehead atoms. The molecule has 2 heterocycles. The summed E-state index contributed by atoms with van der Waals surface area (Å²) < 4.78 is 5.39. The summed E-state index contributed by atoms with van der Waals surface area (Å²) in [5.41, 5.74) is 2.03. The first-order chi connectivity index (χ1) is 15.1. The van der Waals surface area contributed by atoms with Gasteiger partial charge in [0.05, 0.1) is 13.1 Å². The molecule has 6 nitrogen and oxygen atoms in total. The first-order valence-electron chi connectivity index (χ1n) is 10.8. The summed E-state index contributed by atoms with van der Waals surface area (Å²) in [4.78, 5) is 28.4. The van der Waals surface area contributed by atoms with Gasteiger partial charge in [0, 0.05) is 23.1 Å². The van der Waals surface area contributed by atoms with Crippen LogP contribution < -0.4 is 5.32 Å². The highest BCUT2D eigenvalue weighted by Crippen LogP contribution is 2.23. The molecule has 0 aliphatic heterocycles. The zero-order valence-electron chi connectivity index (χ0n) is 19.3. The van der Waals surface area contributed by atoms with E-state index in [1.165, 1.54) is 5.56 Å². The van der Waals surface area contributed by atoms with Gasteiger partial charge in [0.25, 0.3) is 11.8 Å². The van der Waals surface area contributed by atoms with Crippen molar-refractivity contribution in [3.05, 3.63) is 75.3 Å². The monoisotopic (exact) mass is 453 g/mol. The predicted molar refractivity (Wildman–Crippen MR) is 127 cm³/mol. The Morgan fingerprint density at radius 1 is 1.12 bits per heavy atom. The standard InChI is InChI=1S/C25H31N3O3S/c1-17(2)14-26-23(29)22-13-20(31-27-22)15-28(16-21-7-6-12-32-21)24(30)18-8-10-19(11-9-18)25(3,4)5/h6-13,17H,14-16H2,1-5H3,(H,26,29). The predicted octanol–water partition coefficient (Wildman–Crippen LogP) is 5.26. The van der Waals surface area contributed by atoms with Gasteiger partial charge in [-0.15, -0.1) is 11.3 Å². The molecular weight excluding hydrogens is 422 g/mol. The Hall–Kier alpha value is -2.93. The van der Waals surface area contributed by atoms with Crippen LogP contribution in [0.4, 0.5) is 0 Å². The third-order valence-corrected chi connectivity index (χ3v) is 5.88. The third kappa shape index (κ3) is 6.29. The third-order valence-electron chi connectivity index (χ3n) is 5.02. The van der Waals surface area contributed by atoms with E-state index in [0.29, 0.717) is 30.3 Å². The molecule has 170 valence electrons. The average molecular weight is 454 g/mol. The fourth-order valence-corrected chi connectivity index (χ4v) is 3.87. The van der Waals surface area contributed by atoms with Gasteiger partial charge in [-0.2, -0.15) is 0 Å². The van der Waals surface area contributed by atoms with Crippen LogP contribution in [0.1, 0.15) is 71.7 Å². The number of hydrogen-bond donors (Lipinski definition) is 1. The minimum absolute atomic E-state index is 0.0185. The number of thiophene rings is 1. The summed E-state index contributed by atoms with van der Waals surface area (Å²) >= 11 is 1.60. The molecule has 0 atom stereocenters. The lowest BCUT2D eigenvalue weighted by Crippen LogP contribution is -2.30. The highest BCUT2D eigenvalue weighted by Gasteiger charge is 2.22. The van der Waals surface area contributed by atoms with Gasteiger partial charge in [-0.05, 0) is 40.5 Å². The van der Waals surface area contributed by atoms with E-state index < -0.39 is 0 Å². The molecule has 3 rings (SSSR count). The largest absolute Gasteiger partial charge is 0.359 e. The van der Waals surface area contributed by atoms with E-state index >= 15 is 0 Å². The Kier molecular flexibility index (Phi) is 7.51. The van der Waals surface area contributed by atoms with Crippen molar-refractivity contribution in [1.29, 1.82) is 0 Å². The number of rotatable bonds is 8. The second-order valence-electron chi connectivity index (χ2n) is 9.35. The van der Waals surface area contributed by atoms with Gasteiger partial charge < -0.3 is 14.7 Å². The van der Waals surface area contributed by atoms with E-state index in [0.717, 1.165) is 4.88 Å². The van der Waals surface area contributed by atoms with Crippen LogP contribution in [0.25, 0.3) is 0 Å². The lowest BCUT2D eigenvalue weighted by atomic mass is 9.86. The Labute approximate surface area is 193 Å². The quantitative estimate of drug-likeness (QED) is 0.505. The van der Waals surface area contributed by atoms with E-state index in [9.17, 15) is 9.59 Å². The lowest BCUT2D eigenvalue weighted by molar-refractivity contribution is 0.0714. The Morgan fingerprint density at radius 2 is 1.84 bits per heavy atom. The SMILES string of the molecule is CC(C)CNC(=O)c1cc(CN(Cc2cccs2)C(=O)c2ccc(C(C)(C)C)cc2)on1. The minimum Gasteiger partial charge on any atom is -0.359 e. The molecule has 2 amide bonds. The van der Waals surface area contributed by atoms with Gasteiger partial charge in [-0.3, -0.25) is 9.59 Å². The van der Waals surface area contributed by atoms with Crippen molar-refractivity contribution < 1.29 is 14.1 Å². The van der Waals surface area contributed by atoms with Crippen LogP contribution in [-0.2, 0) is 18.5 Å². The lowest BCUT2D eigenvalue weighted by Gasteiger charge is -2.22. The van der Waals surface area contributed by atoms with Crippen LogP contribution in [0.5, 0.6) is 0 Å². The zero-order valence-corrected chi connectivity index (χ0v) is 20.2. The van der Waals surface area contributed by atoms with Crippen molar-refractivity contribution in [2.75, 3.05) is 6.54 Å². The molecule has 0 radical (unpaired) electrons. The van der Waals surface area contributed by atoms with E-state index in [4.69, 9.17) is 4.52 Å². The molecular formula is C25H31N3O3S. The zero-order chi connectivity index (χ0) is 23.3. The molecule has 0 spiro atoms. The van der Waals surface area contributed by atoms with Crippen molar-refractivity contribution in [3.8, 4) is 0 Å². The highest BCUT2D eigenvalue weighted by atomic mass is 32.1. The number of benzene rings is 1. The maximum Gasteiger partial charge on any atom is 0.273 e. The summed E-state index contributed by atoms with van der Waals surface area (Å²) in [6, 6.07) is 13.3. The molecule has 1 N–H and O–H groups in total. The number of aromatic nitrogens is 1. The van der Waals surface area contributed by atoms with Gasteiger partial charge in [0.2, 0.25) is 0 Å². The van der Waals surface area contributed by atoms with Crippen LogP contribution in [0, 0.1) is 5.92 Å². The second kappa shape index (κ2) is 10.1. The molecule has 1 aromatic carbocycles. The van der Waals surface area contributed by atoms with Gasteiger partial charge in [0.15, 0.2) is 11.5 Å². The van der Waals surface area contributed by atoms with Gasteiger partial charge in [0.1, 0.15) is 0 Å². The van der Waals surface area contributed by atoms with Crippen LogP contribution in [0.2, 0.25) is 0 Å². The Bertz CT molecular complexity index is 1030. The molecule has 3 aromatic rings. The number of hydrogen-bond acceptors (Lipinski definition) is 5. The number of nitrogens with one attached hydrogen (secondary N) is 1. The smallest absolute Gasteiger partial charge is 0.273 e. The summed E-state index contributed by atoms with van der Waals surface area (Å²) in [7, 11) is 0. The fraction of sp³-hybridized carbons (Fsp3) is 0.400. The molecule has 32 heavy (non-hydrogen) atoms. The first-order valence-corrected chi connectivity index (χ1v) is 11.7. The summed E-state index contributed by atoms with van der Waals surface area (Å²) in [6.45, 7) is 11.7. The van der Waals surface area contributed by atoms with Crippen molar-refractivity contribution in [1.82, 2.24) is 15.4 Å². The van der Waals surface area contributed by atoms with Crippen molar-refractivity contribution in [2.45, 2.75) is 53.1 Å². The normalized spacial score (nSPS) is 11.6. The highest BCUT2D eigenvalue weighted by molar-refractivity contribution is 7.09. The molecule has 0 aliphatic carbocycles. The maximum atomic E-state index is 13.3. The topological polar surface area (TPSA) is 75.4 Å². The van der Waals surface area contributed by atoms with E-state index in [1.54, 1.807) is 22.3 Å². The molecule has 0 saturated heterocycles. The van der Waals surface area contributed by atoms with Crippen LogP contribution in [0.3, 0.4) is 0 Å². The minimum atomic E-state index is -0.275. The van der Waals surface area contributed by atoms with Gasteiger partial charge in [-0.25, -0.2) is 0 Å². The molecule has 0 saturated carbocycles. The number of amides is 2. The average Bonchev–Trinajstić information content (AvgIpc) is 3.42. The van der Waals surface area contributed by atoms with E-state index in [-0.39, 0.29) is 29.5 Å². The first kappa shape index (κ1) is 23.7. The summed E-state index contributed by atoms with van der Waals surface area (Å²) in [6.07, 6.45) is 0. The van der Waals surface area contributed by atoms with Gasteiger partial charge >= 0.3 is 0 Å². The molecule has 0 fully saturated rings. The Morgan fingerprint density at radius 3 is 2.44 bits per heavy atom. The second-order valence-corrected chi connectivity index (χ2v) is 10.4. The molecule has 7 heteroatoms. The summed E-state index contributed by atoms with van der Waals surface area (Å²) in [5.74, 6) is 0.438. The van der Waals surface area contributed by atoms with E-state index in [2.05, 4.69) is 31.2 Å². The van der Waals surface area contributed by atoms with E-state index in [1.807, 2.05) is 55.6 Å². The summed E-state index contributed by atoms with van der Waals surface area (Å²) in [5, 5.41) is 8.71. The maximum absolute atomic E-state index is 13.3. The Balaban J connectivity index is 1.78. The molecule has 2 aromatic heterocycles.